The molecular weight excluding hydrogens is 253 g/mol. The Hall–Kier alpha value is -1.37. The Morgan fingerprint density at radius 2 is 2.10 bits per heavy atom. The van der Waals surface area contributed by atoms with Crippen molar-refractivity contribution in [2.45, 2.75) is 45.3 Å². The van der Waals surface area contributed by atoms with Crippen LogP contribution < -0.4 is 5.73 Å². The fraction of sp³-hybridized carbons (Fsp3) is 0.529. The van der Waals surface area contributed by atoms with E-state index in [0.717, 1.165) is 12.0 Å². The predicted molar refractivity (Wildman–Crippen MR) is 78.5 cm³/mol. The van der Waals surface area contributed by atoms with Gasteiger partial charge in [-0.2, -0.15) is 0 Å². The maximum atomic E-state index is 13.5. The zero-order valence-corrected chi connectivity index (χ0v) is 12.0. The van der Waals surface area contributed by atoms with E-state index in [9.17, 15) is 4.39 Å². The summed E-state index contributed by atoms with van der Waals surface area (Å²) in [5.41, 5.74) is 6.83. The lowest BCUT2D eigenvalue weighted by Crippen LogP contribution is -2.25. The van der Waals surface area contributed by atoms with Gasteiger partial charge in [0.05, 0.1) is 19.3 Å². The van der Waals surface area contributed by atoms with Gasteiger partial charge in [-0.25, -0.2) is 4.39 Å². The Balaban J connectivity index is 1.99. The van der Waals surface area contributed by atoms with E-state index in [-0.39, 0.29) is 12.4 Å². The molecule has 1 aliphatic carbocycles. The molecule has 1 aromatic rings. The number of hydrogen-bond donors (Lipinski definition) is 1. The van der Waals surface area contributed by atoms with E-state index in [4.69, 9.17) is 10.5 Å². The van der Waals surface area contributed by atoms with Crippen molar-refractivity contribution in [2.24, 2.45) is 11.7 Å². The highest BCUT2D eigenvalue weighted by Crippen LogP contribution is 2.27. The molecule has 2 atom stereocenters. The summed E-state index contributed by atoms with van der Waals surface area (Å²) in [7, 11) is 0. The van der Waals surface area contributed by atoms with Crippen molar-refractivity contribution in [2.75, 3.05) is 6.54 Å². The van der Waals surface area contributed by atoms with Crippen LogP contribution in [-0.2, 0) is 11.3 Å². The molecule has 0 aromatic heterocycles. The van der Waals surface area contributed by atoms with Crippen LogP contribution in [0.2, 0.25) is 0 Å². The first-order valence-corrected chi connectivity index (χ1v) is 7.29. The molecule has 1 aliphatic rings. The highest BCUT2D eigenvalue weighted by Gasteiger charge is 2.21. The van der Waals surface area contributed by atoms with Crippen LogP contribution in [0.3, 0.4) is 0 Å². The van der Waals surface area contributed by atoms with E-state index in [1.54, 1.807) is 0 Å². The Labute approximate surface area is 120 Å². The number of ether oxygens (including phenoxy) is 1. The van der Waals surface area contributed by atoms with Gasteiger partial charge in [0.2, 0.25) is 0 Å². The first-order valence-electron chi connectivity index (χ1n) is 7.29. The highest BCUT2D eigenvalue weighted by molar-refractivity contribution is 5.37. The monoisotopic (exact) mass is 275 g/mol. The van der Waals surface area contributed by atoms with Crippen LogP contribution in [0.4, 0.5) is 4.39 Å². The minimum Gasteiger partial charge on any atom is -0.373 e. The van der Waals surface area contributed by atoms with Gasteiger partial charge in [0.25, 0.3) is 0 Å². The van der Waals surface area contributed by atoms with Gasteiger partial charge < -0.3 is 10.5 Å². The zero-order valence-electron chi connectivity index (χ0n) is 12.0. The highest BCUT2D eigenvalue weighted by atomic mass is 19.1. The van der Waals surface area contributed by atoms with Crippen LogP contribution >= 0.6 is 0 Å². The molecule has 0 bridgehead atoms. The van der Waals surface area contributed by atoms with Crippen molar-refractivity contribution in [3.8, 4) is 11.8 Å². The van der Waals surface area contributed by atoms with E-state index in [0.29, 0.717) is 24.2 Å². The third kappa shape index (κ3) is 4.33. The van der Waals surface area contributed by atoms with E-state index >= 15 is 0 Å². The minimum atomic E-state index is -0.274. The number of nitrogens with two attached hydrogens (primary N) is 1. The Morgan fingerprint density at radius 1 is 1.30 bits per heavy atom. The average Bonchev–Trinajstić information content (AvgIpc) is 2.44. The molecule has 2 nitrogen and oxygen atoms in total. The number of hydrogen-bond acceptors (Lipinski definition) is 2. The second-order valence-corrected chi connectivity index (χ2v) is 5.47. The van der Waals surface area contributed by atoms with Crippen molar-refractivity contribution < 1.29 is 9.13 Å². The summed E-state index contributed by atoms with van der Waals surface area (Å²) in [4.78, 5) is 0. The molecule has 1 aromatic carbocycles. The fourth-order valence-electron chi connectivity index (χ4n) is 2.69. The molecular formula is C17H22FNO. The third-order valence-electron chi connectivity index (χ3n) is 3.79. The summed E-state index contributed by atoms with van der Waals surface area (Å²) < 4.78 is 19.5. The van der Waals surface area contributed by atoms with Crippen molar-refractivity contribution in [3.63, 3.8) is 0 Å². The largest absolute Gasteiger partial charge is 0.373 e. The summed E-state index contributed by atoms with van der Waals surface area (Å²) in [5, 5.41) is 0. The summed E-state index contributed by atoms with van der Waals surface area (Å²) in [5.74, 6) is 5.92. The topological polar surface area (TPSA) is 35.2 Å². The summed E-state index contributed by atoms with van der Waals surface area (Å²) >= 11 is 0. The summed E-state index contributed by atoms with van der Waals surface area (Å²) in [6, 6.07) is 4.82. The Bertz CT molecular complexity index is 503. The van der Waals surface area contributed by atoms with Crippen LogP contribution in [0.1, 0.15) is 43.7 Å². The van der Waals surface area contributed by atoms with Gasteiger partial charge in [-0.3, -0.25) is 0 Å². The van der Waals surface area contributed by atoms with Gasteiger partial charge in [-0.1, -0.05) is 31.6 Å². The van der Waals surface area contributed by atoms with E-state index in [1.165, 1.54) is 31.4 Å². The first kappa shape index (κ1) is 15.0. The van der Waals surface area contributed by atoms with Crippen LogP contribution in [0.5, 0.6) is 0 Å². The molecule has 2 N–H and O–H groups in total. The van der Waals surface area contributed by atoms with Gasteiger partial charge in [0.15, 0.2) is 0 Å². The molecule has 0 heterocycles. The third-order valence-corrected chi connectivity index (χ3v) is 3.79. The van der Waals surface area contributed by atoms with Gasteiger partial charge in [0, 0.05) is 5.56 Å². The molecule has 0 spiro atoms. The molecule has 0 radical (unpaired) electrons. The Morgan fingerprint density at radius 3 is 2.85 bits per heavy atom. The molecule has 1 saturated carbocycles. The van der Waals surface area contributed by atoms with Crippen molar-refractivity contribution in [1.29, 1.82) is 0 Å². The van der Waals surface area contributed by atoms with Gasteiger partial charge in [-0.15, -0.1) is 0 Å². The van der Waals surface area contributed by atoms with Crippen LogP contribution in [0.25, 0.3) is 0 Å². The predicted octanol–water partition coefficient (Wildman–Crippen LogP) is 3.23. The van der Waals surface area contributed by atoms with Gasteiger partial charge >= 0.3 is 0 Å². The molecule has 1 fully saturated rings. The molecule has 108 valence electrons. The maximum absolute atomic E-state index is 13.5. The molecule has 2 rings (SSSR count). The lowest BCUT2D eigenvalue weighted by Gasteiger charge is -2.28. The molecule has 3 heteroatoms. The minimum absolute atomic E-state index is 0.274. The normalized spacial score (nSPS) is 22.1. The summed E-state index contributed by atoms with van der Waals surface area (Å²) in [6.07, 6.45) is 5.15. The molecule has 0 saturated heterocycles. The van der Waals surface area contributed by atoms with Crippen LogP contribution in [0.15, 0.2) is 18.2 Å². The molecule has 20 heavy (non-hydrogen) atoms. The van der Waals surface area contributed by atoms with Crippen molar-refractivity contribution in [1.82, 2.24) is 0 Å². The van der Waals surface area contributed by atoms with E-state index in [1.807, 2.05) is 6.07 Å². The fourth-order valence-corrected chi connectivity index (χ4v) is 2.69. The quantitative estimate of drug-likeness (QED) is 0.860. The van der Waals surface area contributed by atoms with Gasteiger partial charge in [0.1, 0.15) is 5.82 Å². The lowest BCUT2D eigenvalue weighted by atomic mass is 9.88. The SMILES string of the molecule is CC1CCCCC1OCc1cc(F)cc(C#CCN)c1. The first-order chi connectivity index (χ1) is 9.69. The van der Waals surface area contributed by atoms with Crippen molar-refractivity contribution in [3.05, 3.63) is 35.1 Å². The molecule has 2 unspecified atom stereocenters. The standard InChI is InChI=1S/C17H22FNO/c1-13-5-2-3-7-17(13)20-12-15-9-14(6-4-8-19)10-16(18)11-15/h9-11,13,17H,2-3,5,7-8,12,19H2,1H3. The average molecular weight is 275 g/mol. The zero-order chi connectivity index (χ0) is 14.4. The van der Waals surface area contributed by atoms with Crippen molar-refractivity contribution >= 4 is 0 Å². The Kier molecular flexibility index (Phi) is 5.58. The van der Waals surface area contributed by atoms with Crippen LogP contribution in [-0.4, -0.2) is 12.6 Å². The number of rotatable bonds is 3. The second-order valence-electron chi connectivity index (χ2n) is 5.47. The van der Waals surface area contributed by atoms with Crippen LogP contribution in [0, 0.1) is 23.6 Å². The summed E-state index contributed by atoms with van der Waals surface area (Å²) in [6.45, 7) is 2.96. The molecule has 0 amide bonds. The molecule has 0 aliphatic heterocycles. The van der Waals surface area contributed by atoms with E-state index in [2.05, 4.69) is 18.8 Å². The van der Waals surface area contributed by atoms with E-state index < -0.39 is 0 Å². The smallest absolute Gasteiger partial charge is 0.124 e. The number of benzene rings is 1. The van der Waals surface area contributed by atoms with Gasteiger partial charge in [-0.05, 0) is 42.5 Å². The maximum Gasteiger partial charge on any atom is 0.124 e. The second kappa shape index (κ2) is 7.42. The number of halogens is 1. The lowest BCUT2D eigenvalue weighted by molar-refractivity contribution is -0.0155.